The normalized spacial score (nSPS) is 10.0. The molecule has 6 nitrogen and oxygen atoms in total. The van der Waals surface area contributed by atoms with Crippen LogP contribution >= 0.6 is 0 Å². The van der Waals surface area contributed by atoms with Gasteiger partial charge >= 0.3 is 5.69 Å². The fourth-order valence-corrected chi connectivity index (χ4v) is 1.45. The maximum absolute atomic E-state index is 10.8. The summed E-state index contributed by atoms with van der Waals surface area (Å²) in [7, 11) is 0. The molecule has 0 bridgehead atoms. The van der Waals surface area contributed by atoms with Gasteiger partial charge in [-0.25, -0.2) is 0 Å². The van der Waals surface area contributed by atoms with Crippen LogP contribution in [0.15, 0.2) is 42.5 Å². The lowest BCUT2D eigenvalue weighted by molar-refractivity contribution is -0.385. The molecule has 0 spiro atoms. The Bertz CT molecular complexity index is 577. The number of hydrogen-bond donors (Lipinski definition) is 2. The molecule has 6 heteroatoms. The molecule has 0 aliphatic rings. The van der Waals surface area contributed by atoms with E-state index in [0.717, 1.165) is 6.07 Å². The Labute approximate surface area is 102 Å². The Balaban J connectivity index is 2.37. The molecule has 92 valence electrons. The van der Waals surface area contributed by atoms with Crippen LogP contribution in [0.3, 0.4) is 0 Å². The van der Waals surface area contributed by atoms with Crippen molar-refractivity contribution in [3.8, 4) is 23.0 Å². The summed E-state index contributed by atoms with van der Waals surface area (Å²) in [5, 5.41) is 29.3. The molecule has 2 N–H and O–H groups in total. The first-order valence-electron chi connectivity index (χ1n) is 5.00. The lowest BCUT2D eigenvalue weighted by atomic mass is 10.3. The Kier molecular flexibility index (Phi) is 3.01. The first kappa shape index (κ1) is 11.7. The summed E-state index contributed by atoms with van der Waals surface area (Å²) in [5.74, 6) is -0.235. The maximum atomic E-state index is 10.8. The summed E-state index contributed by atoms with van der Waals surface area (Å²) in [6, 6.07) is 9.46. The minimum Gasteiger partial charge on any atom is -0.508 e. The van der Waals surface area contributed by atoms with Gasteiger partial charge in [0.05, 0.1) is 4.92 Å². The highest BCUT2D eigenvalue weighted by Gasteiger charge is 2.14. The van der Waals surface area contributed by atoms with Crippen LogP contribution in [0.5, 0.6) is 23.0 Å². The van der Waals surface area contributed by atoms with Crippen LogP contribution in [0, 0.1) is 10.1 Å². The Morgan fingerprint density at radius 3 is 2.28 bits per heavy atom. The molecule has 0 saturated heterocycles. The third-order valence-corrected chi connectivity index (χ3v) is 2.17. The van der Waals surface area contributed by atoms with E-state index in [9.17, 15) is 20.3 Å². The monoisotopic (exact) mass is 247 g/mol. The van der Waals surface area contributed by atoms with E-state index in [1.54, 1.807) is 6.07 Å². The molecule has 0 aliphatic heterocycles. The molecule has 0 unspecified atom stereocenters. The number of aromatic hydroxyl groups is 2. The van der Waals surface area contributed by atoms with Gasteiger partial charge in [-0.05, 0) is 6.07 Å². The zero-order valence-corrected chi connectivity index (χ0v) is 9.11. The van der Waals surface area contributed by atoms with Crippen molar-refractivity contribution in [2.45, 2.75) is 0 Å². The highest BCUT2D eigenvalue weighted by atomic mass is 16.6. The number of para-hydroxylation sites is 2. The van der Waals surface area contributed by atoms with E-state index in [1.807, 2.05) is 0 Å². The first-order valence-corrected chi connectivity index (χ1v) is 5.00. The lowest BCUT2D eigenvalue weighted by Crippen LogP contribution is -1.92. The fraction of sp³-hybridized carbons (Fsp3) is 0. The molecule has 0 atom stereocenters. The van der Waals surface area contributed by atoms with Gasteiger partial charge in [0.1, 0.15) is 17.2 Å². The van der Waals surface area contributed by atoms with Crippen LogP contribution in [0.4, 0.5) is 5.69 Å². The molecule has 2 rings (SSSR count). The zero-order chi connectivity index (χ0) is 13.1. The third kappa shape index (κ3) is 2.49. The van der Waals surface area contributed by atoms with Gasteiger partial charge in [0.25, 0.3) is 0 Å². The van der Waals surface area contributed by atoms with Crippen molar-refractivity contribution in [1.29, 1.82) is 0 Å². The Hall–Kier alpha value is -2.76. The van der Waals surface area contributed by atoms with E-state index in [0.29, 0.717) is 0 Å². The Morgan fingerprint density at radius 2 is 1.67 bits per heavy atom. The van der Waals surface area contributed by atoms with Crippen LogP contribution in [0.2, 0.25) is 0 Å². The Morgan fingerprint density at radius 1 is 1.06 bits per heavy atom. The van der Waals surface area contributed by atoms with Gasteiger partial charge in [0.15, 0.2) is 0 Å². The largest absolute Gasteiger partial charge is 0.508 e. The average Bonchev–Trinajstić information content (AvgIpc) is 2.27. The summed E-state index contributed by atoms with van der Waals surface area (Å²) in [6.45, 7) is 0. The van der Waals surface area contributed by atoms with Gasteiger partial charge in [-0.2, -0.15) is 0 Å². The first-order chi connectivity index (χ1) is 8.56. The van der Waals surface area contributed by atoms with Crippen molar-refractivity contribution in [2.24, 2.45) is 0 Å². The van der Waals surface area contributed by atoms with Crippen LogP contribution in [-0.2, 0) is 0 Å². The number of hydrogen-bond acceptors (Lipinski definition) is 5. The van der Waals surface area contributed by atoms with Crippen molar-refractivity contribution >= 4 is 5.69 Å². The van der Waals surface area contributed by atoms with Gasteiger partial charge in [0, 0.05) is 24.3 Å². The molecule has 0 radical (unpaired) electrons. The predicted molar refractivity (Wildman–Crippen MR) is 62.9 cm³/mol. The second-order valence-electron chi connectivity index (χ2n) is 3.51. The average molecular weight is 247 g/mol. The number of phenols is 2. The molecule has 0 aliphatic carbocycles. The number of benzene rings is 2. The number of ether oxygens (including phenoxy) is 1. The molecule has 0 saturated carbocycles. The van der Waals surface area contributed by atoms with E-state index in [2.05, 4.69) is 0 Å². The van der Waals surface area contributed by atoms with Crippen molar-refractivity contribution in [3.05, 3.63) is 52.6 Å². The second-order valence-corrected chi connectivity index (χ2v) is 3.51. The van der Waals surface area contributed by atoms with Crippen molar-refractivity contribution in [2.75, 3.05) is 0 Å². The van der Waals surface area contributed by atoms with E-state index in [1.165, 1.54) is 30.3 Å². The SMILES string of the molecule is O=[N+]([O-])c1ccccc1Oc1cc(O)cc(O)c1. The minimum absolute atomic E-state index is 0.0347. The van der Waals surface area contributed by atoms with Crippen LogP contribution in [0.1, 0.15) is 0 Å². The van der Waals surface area contributed by atoms with Crippen molar-refractivity contribution in [3.63, 3.8) is 0 Å². The van der Waals surface area contributed by atoms with Crippen molar-refractivity contribution < 1.29 is 19.9 Å². The van der Waals surface area contributed by atoms with E-state index in [-0.39, 0.29) is 28.7 Å². The molecule has 0 fully saturated rings. The number of nitro groups is 1. The van der Waals surface area contributed by atoms with Crippen LogP contribution in [-0.4, -0.2) is 15.1 Å². The molecule has 0 aromatic heterocycles. The standard InChI is InChI=1S/C12H9NO5/c14-8-5-9(15)7-10(6-8)18-12-4-2-1-3-11(12)13(16)17/h1-7,14-15H. The summed E-state index contributed by atoms with van der Waals surface area (Å²) in [4.78, 5) is 10.2. The van der Waals surface area contributed by atoms with Gasteiger partial charge in [0.2, 0.25) is 5.75 Å². The summed E-state index contributed by atoms with van der Waals surface area (Å²) in [5.41, 5.74) is -0.194. The van der Waals surface area contributed by atoms with E-state index < -0.39 is 4.92 Å². The fourth-order valence-electron chi connectivity index (χ4n) is 1.45. The lowest BCUT2D eigenvalue weighted by Gasteiger charge is -2.06. The van der Waals surface area contributed by atoms with Crippen molar-refractivity contribution in [1.82, 2.24) is 0 Å². The minimum atomic E-state index is -0.571. The van der Waals surface area contributed by atoms with E-state index >= 15 is 0 Å². The quantitative estimate of drug-likeness (QED) is 0.642. The summed E-state index contributed by atoms with van der Waals surface area (Å²) >= 11 is 0. The number of nitro benzene ring substituents is 1. The molecule has 18 heavy (non-hydrogen) atoms. The van der Waals surface area contributed by atoms with Crippen LogP contribution < -0.4 is 4.74 Å². The summed E-state index contributed by atoms with van der Waals surface area (Å²) in [6.07, 6.45) is 0. The zero-order valence-electron chi connectivity index (χ0n) is 9.11. The maximum Gasteiger partial charge on any atom is 0.311 e. The highest BCUT2D eigenvalue weighted by molar-refractivity contribution is 5.49. The van der Waals surface area contributed by atoms with Crippen LogP contribution in [0.25, 0.3) is 0 Å². The highest BCUT2D eigenvalue weighted by Crippen LogP contribution is 2.34. The molecular formula is C12H9NO5. The summed E-state index contributed by atoms with van der Waals surface area (Å²) < 4.78 is 5.27. The van der Waals surface area contributed by atoms with E-state index in [4.69, 9.17) is 4.74 Å². The topological polar surface area (TPSA) is 92.8 Å². The van der Waals surface area contributed by atoms with Gasteiger partial charge in [-0.3, -0.25) is 10.1 Å². The van der Waals surface area contributed by atoms with Gasteiger partial charge in [-0.1, -0.05) is 12.1 Å². The number of nitrogens with zero attached hydrogens (tertiary/aromatic N) is 1. The smallest absolute Gasteiger partial charge is 0.311 e. The molecule has 2 aromatic rings. The molecular weight excluding hydrogens is 238 g/mol. The van der Waals surface area contributed by atoms with Gasteiger partial charge < -0.3 is 14.9 Å². The number of phenolic OH excluding ortho intramolecular Hbond substituents is 2. The third-order valence-electron chi connectivity index (χ3n) is 2.17. The molecule has 2 aromatic carbocycles. The predicted octanol–water partition coefficient (Wildman–Crippen LogP) is 2.80. The van der Waals surface area contributed by atoms with Gasteiger partial charge in [-0.15, -0.1) is 0 Å². The second kappa shape index (κ2) is 4.62. The molecule has 0 heterocycles. The number of rotatable bonds is 3. The molecule has 0 amide bonds.